The van der Waals surface area contributed by atoms with Gasteiger partial charge in [-0.15, -0.1) is 0 Å². The zero-order valence-corrected chi connectivity index (χ0v) is 7.44. The summed E-state index contributed by atoms with van der Waals surface area (Å²) in [5, 5.41) is 0. The Balaban J connectivity index is 1.81. The predicted octanol–water partition coefficient (Wildman–Crippen LogP) is 3.72. The van der Waals surface area contributed by atoms with E-state index in [2.05, 4.69) is 0 Å². The van der Waals surface area contributed by atoms with E-state index in [0.717, 1.165) is 5.92 Å². The normalized spacial score (nSPS) is 34.4. The number of hydrogen-bond acceptors (Lipinski definition) is 0. The summed E-state index contributed by atoms with van der Waals surface area (Å²) in [5.41, 5.74) is 0. The molecule has 2 aliphatic carbocycles. The molecule has 0 aromatic carbocycles. The molecule has 0 bridgehead atoms. The summed E-state index contributed by atoms with van der Waals surface area (Å²) < 4.78 is 0. The predicted molar refractivity (Wildman–Crippen MR) is 48.3 cm³/mol. The van der Waals surface area contributed by atoms with Crippen molar-refractivity contribution in [2.24, 2.45) is 5.92 Å². The fourth-order valence-corrected chi connectivity index (χ4v) is 2.50. The van der Waals surface area contributed by atoms with Crippen LogP contribution in [0.1, 0.15) is 57.8 Å². The molecule has 0 N–H and O–H groups in total. The Bertz CT molecular complexity index is 103. The lowest BCUT2D eigenvalue weighted by molar-refractivity contribution is 0.314. The molecule has 2 saturated carbocycles. The smallest absolute Gasteiger partial charge is 0.0210 e. The maximum absolute atomic E-state index is 1.92. The van der Waals surface area contributed by atoms with Crippen molar-refractivity contribution in [2.45, 2.75) is 57.8 Å². The second kappa shape index (κ2) is 3.60. The van der Waals surface area contributed by atoms with Crippen LogP contribution >= 0.6 is 0 Å². The van der Waals surface area contributed by atoms with Gasteiger partial charge in [0, 0.05) is 0 Å². The van der Waals surface area contributed by atoms with E-state index in [1.165, 1.54) is 57.8 Å². The maximum atomic E-state index is 1.92. The van der Waals surface area contributed by atoms with Crippen molar-refractivity contribution >= 4 is 0 Å². The Labute approximate surface area is 70.4 Å². The van der Waals surface area contributed by atoms with Crippen molar-refractivity contribution in [1.29, 1.82) is 0 Å². The van der Waals surface area contributed by atoms with Crippen LogP contribution in [0.2, 0.25) is 0 Å². The molecule has 0 heterocycles. The molecule has 0 aliphatic heterocycles. The van der Waals surface area contributed by atoms with Crippen LogP contribution in [0.5, 0.6) is 0 Å². The highest BCUT2D eigenvalue weighted by atomic mass is 14.3. The number of rotatable bonds is 0. The van der Waals surface area contributed by atoms with Gasteiger partial charge in [0.15, 0.2) is 0 Å². The van der Waals surface area contributed by atoms with E-state index < -0.39 is 0 Å². The molecule has 1 unspecified atom stereocenters. The first-order chi connectivity index (χ1) is 5.47. The van der Waals surface area contributed by atoms with Crippen LogP contribution in [-0.2, 0) is 0 Å². The highest BCUT2D eigenvalue weighted by Gasteiger charge is 2.30. The molecule has 2 fully saturated rings. The SMILES string of the molecule is C1CCC[C]2CCC2CCC1. The van der Waals surface area contributed by atoms with E-state index >= 15 is 0 Å². The minimum absolute atomic E-state index is 1.08. The Morgan fingerprint density at radius 1 is 0.727 bits per heavy atom. The monoisotopic (exact) mass is 151 g/mol. The fraction of sp³-hybridized carbons (Fsp3) is 0.909. The summed E-state index contributed by atoms with van der Waals surface area (Å²) in [7, 11) is 0. The highest BCUT2D eigenvalue weighted by Crippen LogP contribution is 2.43. The van der Waals surface area contributed by atoms with Crippen molar-refractivity contribution in [3.05, 3.63) is 5.92 Å². The molecule has 0 aromatic rings. The number of fused-ring (bicyclic) bond motifs is 1. The average molecular weight is 151 g/mol. The minimum atomic E-state index is 1.08. The lowest BCUT2D eigenvalue weighted by Crippen LogP contribution is -2.23. The Morgan fingerprint density at radius 3 is 2.36 bits per heavy atom. The molecule has 0 aromatic heterocycles. The Kier molecular flexibility index (Phi) is 2.50. The first-order valence-electron chi connectivity index (χ1n) is 5.31. The van der Waals surface area contributed by atoms with Gasteiger partial charge in [-0.25, -0.2) is 0 Å². The van der Waals surface area contributed by atoms with Crippen LogP contribution in [0.3, 0.4) is 0 Å². The Hall–Kier alpha value is 0. The topological polar surface area (TPSA) is 0 Å². The zero-order chi connectivity index (χ0) is 7.52. The van der Waals surface area contributed by atoms with Crippen molar-refractivity contribution in [3.8, 4) is 0 Å². The lowest BCUT2D eigenvalue weighted by Gasteiger charge is -2.36. The van der Waals surface area contributed by atoms with Gasteiger partial charge in [0.25, 0.3) is 0 Å². The van der Waals surface area contributed by atoms with E-state index in [1.807, 2.05) is 5.92 Å². The molecule has 11 heavy (non-hydrogen) atoms. The molecular weight excluding hydrogens is 132 g/mol. The van der Waals surface area contributed by atoms with Gasteiger partial charge in [-0.05, 0) is 37.5 Å². The van der Waals surface area contributed by atoms with Crippen molar-refractivity contribution in [1.82, 2.24) is 0 Å². The van der Waals surface area contributed by atoms with Crippen LogP contribution in [-0.4, -0.2) is 0 Å². The molecule has 0 spiro atoms. The zero-order valence-electron chi connectivity index (χ0n) is 7.44. The van der Waals surface area contributed by atoms with E-state index in [-0.39, 0.29) is 0 Å². The minimum Gasteiger partial charge on any atom is -0.0533 e. The molecule has 0 amide bonds. The average Bonchev–Trinajstić information content (AvgIpc) is 2.04. The molecule has 0 heteroatoms. The Morgan fingerprint density at radius 2 is 1.55 bits per heavy atom. The largest absolute Gasteiger partial charge is 0.0533 e. The van der Waals surface area contributed by atoms with E-state index in [0.29, 0.717) is 0 Å². The standard InChI is InChI=1S/C11H19/c1-2-4-6-10-8-9-11(10)7-5-3-1/h10H,1-9H2. The summed E-state index contributed by atoms with van der Waals surface area (Å²) in [4.78, 5) is 0. The van der Waals surface area contributed by atoms with Gasteiger partial charge in [0.05, 0.1) is 0 Å². The van der Waals surface area contributed by atoms with E-state index in [1.54, 1.807) is 0 Å². The first-order valence-corrected chi connectivity index (χ1v) is 5.31. The van der Waals surface area contributed by atoms with E-state index in [9.17, 15) is 0 Å². The second-order valence-electron chi connectivity index (χ2n) is 4.20. The third-order valence-corrected chi connectivity index (χ3v) is 3.44. The van der Waals surface area contributed by atoms with Gasteiger partial charge >= 0.3 is 0 Å². The quantitative estimate of drug-likeness (QED) is 0.495. The summed E-state index contributed by atoms with van der Waals surface area (Å²) in [5.74, 6) is 3.00. The van der Waals surface area contributed by atoms with Gasteiger partial charge in [-0.3, -0.25) is 0 Å². The van der Waals surface area contributed by atoms with Gasteiger partial charge in [-0.2, -0.15) is 0 Å². The van der Waals surface area contributed by atoms with Crippen molar-refractivity contribution in [2.75, 3.05) is 0 Å². The van der Waals surface area contributed by atoms with Crippen LogP contribution in [0.4, 0.5) is 0 Å². The van der Waals surface area contributed by atoms with Crippen molar-refractivity contribution in [3.63, 3.8) is 0 Å². The maximum Gasteiger partial charge on any atom is -0.0210 e. The van der Waals surface area contributed by atoms with Gasteiger partial charge in [0.2, 0.25) is 0 Å². The summed E-state index contributed by atoms with van der Waals surface area (Å²) in [6, 6.07) is 0. The molecule has 1 atom stereocenters. The molecular formula is C11H19. The fourth-order valence-electron chi connectivity index (χ4n) is 2.50. The molecule has 63 valence electrons. The third kappa shape index (κ3) is 1.77. The van der Waals surface area contributed by atoms with Crippen LogP contribution < -0.4 is 0 Å². The first kappa shape index (κ1) is 7.64. The van der Waals surface area contributed by atoms with Crippen LogP contribution in [0, 0.1) is 11.8 Å². The van der Waals surface area contributed by atoms with Crippen LogP contribution in [0.15, 0.2) is 0 Å². The van der Waals surface area contributed by atoms with Gasteiger partial charge in [0.1, 0.15) is 0 Å². The summed E-state index contributed by atoms with van der Waals surface area (Å²) in [6.45, 7) is 0. The van der Waals surface area contributed by atoms with Gasteiger partial charge < -0.3 is 0 Å². The van der Waals surface area contributed by atoms with E-state index in [4.69, 9.17) is 0 Å². The second-order valence-corrected chi connectivity index (χ2v) is 4.20. The molecule has 1 radical (unpaired) electrons. The molecule has 0 saturated heterocycles. The molecule has 0 nitrogen and oxygen atoms in total. The van der Waals surface area contributed by atoms with Crippen molar-refractivity contribution < 1.29 is 0 Å². The highest BCUT2D eigenvalue weighted by molar-refractivity contribution is 5.05. The lowest BCUT2D eigenvalue weighted by atomic mass is 9.69. The third-order valence-electron chi connectivity index (χ3n) is 3.44. The summed E-state index contributed by atoms with van der Waals surface area (Å²) >= 11 is 0. The number of hydrogen-bond donors (Lipinski definition) is 0. The molecule has 2 rings (SSSR count). The van der Waals surface area contributed by atoms with Crippen LogP contribution in [0.25, 0.3) is 0 Å². The summed E-state index contributed by atoms with van der Waals surface area (Å²) in [6.07, 6.45) is 13.5. The van der Waals surface area contributed by atoms with Gasteiger partial charge in [-0.1, -0.05) is 32.1 Å². The molecule has 2 aliphatic rings.